The third-order valence-electron chi connectivity index (χ3n) is 2.13. The SMILES string of the molecule is CCCCC(=O)/C=C/c1ccc(O)cc1. The van der Waals surface area contributed by atoms with Crippen molar-refractivity contribution >= 4 is 11.9 Å². The van der Waals surface area contributed by atoms with E-state index in [2.05, 4.69) is 6.92 Å². The predicted octanol–water partition coefficient (Wildman–Crippen LogP) is 3.16. The van der Waals surface area contributed by atoms with Gasteiger partial charge in [-0.25, -0.2) is 0 Å². The molecule has 80 valence electrons. The standard InChI is InChI=1S/C13H16O2/c1-2-3-4-12(14)8-5-11-6-9-13(15)10-7-11/h5-10,15H,2-4H2,1H3/b8-5+. The van der Waals surface area contributed by atoms with Crippen molar-refractivity contribution < 1.29 is 9.90 Å². The second-order valence-corrected chi connectivity index (χ2v) is 3.49. The molecule has 2 nitrogen and oxygen atoms in total. The first-order valence-electron chi connectivity index (χ1n) is 5.22. The fourth-order valence-electron chi connectivity index (χ4n) is 1.21. The molecular formula is C13H16O2. The molecule has 0 unspecified atom stereocenters. The van der Waals surface area contributed by atoms with E-state index in [0.717, 1.165) is 18.4 Å². The molecule has 1 aromatic carbocycles. The minimum absolute atomic E-state index is 0.157. The first-order chi connectivity index (χ1) is 7.22. The van der Waals surface area contributed by atoms with Gasteiger partial charge >= 0.3 is 0 Å². The molecule has 1 rings (SSSR count). The molecule has 0 amide bonds. The average molecular weight is 204 g/mol. The second kappa shape index (κ2) is 6.02. The highest BCUT2D eigenvalue weighted by Gasteiger charge is 1.95. The summed E-state index contributed by atoms with van der Waals surface area (Å²) in [5, 5.41) is 9.06. The van der Waals surface area contributed by atoms with E-state index in [4.69, 9.17) is 5.11 Å². The van der Waals surface area contributed by atoms with Gasteiger partial charge in [0.1, 0.15) is 5.75 Å². The van der Waals surface area contributed by atoms with Crippen molar-refractivity contribution in [2.45, 2.75) is 26.2 Å². The molecule has 0 bridgehead atoms. The average Bonchev–Trinajstić information content (AvgIpc) is 2.25. The van der Waals surface area contributed by atoms with Gasteiger partial charge in [0.25, 0.3) is 0 Å². The van der Waals surface area contributed by atoms with Crippen molar-refractivity contribution in [3.05, 3.63) is 35.9 Å². The van der Waals surface area contributed by atoms with Crippen LogP contribution in [0.4, 0.5) is 0 Å². The lowest BCUT2D eigenvalue weighted by molar-refractivity contribution is -0.114. The van der Waals surface area contributed by atoms with Crippen LogP contribution in [0.3, 0.4) is 0 Å². The van der Waals surface area contributed by atoms with Gasteiger partial charge in [0.05, 0.1) is 0 Å². The van der Waals surface area contributed by atoms with Crippen molar-refractivity contribution in [1.29, 1.82) is 0 Å². The third kappa shape index (κ3) is 4.45. The van der Waals surface area contributed by atoms with Gasteiger partial charge in [0, 0.05) is 6.42 Å². The highest BCUT2D eigenvalue weighted by atomic mass is 16.3. The Balaban J connectivity index is 2.50. The summed E-state index contributed by atoms with van der Waals surface area (Å²) in [6.45, 7) is 2.07. The quantitative estimate of drug-likeness (QED) is 0.748. The number of hydrogen-bond acceptors (Lipinski definition) is 2. The number of phenolic OH excluding ortho intramolecular Hbond substituents is 1. The molecule has 1 aromatic rings. The highest BCUT2D eigenvalue weighted by molar-refractivity contribution is 5.93. The van der Waals surface area contributed by atoms with Crippen molar-refractivity contribution in [2.75, 3.05) is 0 Å². The van der Waals surface area contributed by atoms with E-state index in [9.17, 15) is 4.79 Å². The summed E-state index contributed by atoms with van der Waals surface area (Å²) in [5.41, 5.74) is 0.928. The molecule has 0 saturated heterocycles. The van der Waals surface area contributed by atoms with Crippen LogP contribution >= 0.6 is 0 Å². The number of hydrogen-bond donors (Lipinski definition) is 1. The maximum Gasteiger partial charge on any atom is 0.155 e. The van der Waals surface area contributed by atoms with Gasteiger partial charge in [-0.2, -0.15) is 0 Å². The monoisotopic (exact) mass is 204 g/mol. The summed E-state index contributed by atoms with van der Waals surface area (Å²) in [6, 6.07) is 6.77. The summed E-state index contributed by atoms with van der Waals surface area (Å²) in [4.78, 5) is 11.3. The zero-order valence-corrected chi connectivity index (χ0v) is 8.94. The molecule has 1 N–H and O–H groups in total. The number of phenols is 1. The Morgan fingerprint density at radius 3 is 2.60 bits per heavy atom. The maximum absolute atomic E-state index is 11.3. The summed E-state index contributed by atoms with van der Waals surface area (Å²) in [5.74, 6) is 0.398. The van der Waals surface area contributed by atoms with Gasteiger partial charge in [-0.1, -0.05) is 31.6 Å². The Morgan fingerprint density at radius 2 is 2.00 bits per heavy atom. The molecular weight excluding hydrogens is 188 g/mol. The Morgan fingerprint density at radius 1 is 1.33 bits per heavy atom. The Hall–Kier alpha value is -1.57. The van der Waals surface area contributed by atoms with Crippen LogP contribution in [0.25, 0.3) is 6.08 Å². The van der Waals surface area contributed by atoms with Crippen molar-refractivity contribution in [3.8, 4) is 5.75 Å². The van der Waals surface area contributed by atoms with Gasteiger partial charge in [0.2, 0.25) is 0 Å². The number of unbranched alkanes of at least 4 members (excludes halogenated alkanes) is 1. The van der Waals surface area contributed by atoms with E-state index in [0.29, 0.717) is 6.42 Å². The highest BCUT2D eigenvalue weighted by Crippen LogP contribution is 2.11. The lowest BCUT2D eigenvalue weighted by atomic mass is 10.1. The Labute approximate surface area is 90.3 Å². The molecule has 0 radical (unpaired) electrons. The Bertz CT molecular complexity index is 336. The van der Waals surface area contributed by atoms with Crippen LogP contribution in [0, 0.1) is 0 Å². The zero-order chi connectivity index (χ0) is 11.1. The largest absolute Gasteiger partial charge is 0.508 e. The molecule has 15 heavy (non-hydrogen) atoms. The van der Waals surface area contributed by atoms with Crippen LogP contribution in [0.5, 0.6) is 5.75 Å². The maximum atomic E-state index is 11.3. The predicted molar refractivity (Wildman–Crippen MR) is 61.7 cm³/mol. The smallest absolute Gasteiger partial charge is 0.155 e. The molecule has 0 aliphatic heterocycles. The van der Waals surface area contributed by atoms with E-state index < -0.39 is 0 Å². The van der Waals surface area contributed by atoms with Crippen molar-refractivity contribution in [3.63, 3.8) is 0 Å². The molecule has 0 atom stereocenters. The number of carbonyl (C=O) groups is 1. The first kappa shape index (κ1) is 11.5. The number of allylic oxidation sites excluding steroid dienone is 1. The summed E-state index contributed by atoms with van der Waals surface area (Å²) < 4.78 is 0. The number of rotatable bonds is 5. The zero-order valence-electron chi connectivity index (χ0n) is 8.94. The van der Waals surface area contributed by atoms with Gasteiger partial charge in [0.15, 0.2) is 5.78 Å². The fraction of sp³-hybridized carbons (Fsp3) is 0.308. The molecule has 2 heteroatoms. The van der Waals surface area contributed by atoms with E-state index in [1.165, 1.54) is 0 Å². The lowest BCUT2D eigenvalue weighted by Crippen LogP contribution is -1.90. The van der Waals surface area contributed by atoms with Gasteiger partial charge in [-0.05, 0) is 30.2 Å². The van der Waals surface area contributed by atoms with E-state index in [1.807, 2.05) is 0 Å². The molecule has 0 aromatic heterocycles. The van der Waals surface area contributed by atoms with Crippen LogP contribution < -0.4 is 0 Å². The van der Waals surface area contributed by atoms with Crippen LogP contribution in [0.2, 0.25) is 0 Å². The summed E-state index contributed by atoms with van der Waals surface area (Å²) in [6.07, 6.45) is 5.97. The summed E-state index contributed by atoms with van der Waals surface area (Å²) in [7, 11) is 0. The van der Waals surface area contributed by atoms with E-state index in [-0.39, 0.29) is 11.5 Å². The Kier molecular flexibility index (Phi) is 4.61. The number of carbonyl (C=O) groups excluding carboxylic acids is 1. The second-order valence-electron chi connectivity index (χ2n) is 3.49. The topological polar surface area (TPSA) is 37.3 Å². The molecule has 0 aliphatic rings. The third-order valence-corrected chi connectivity index (χ3v) is 2.13. The van der Waals surface area contributed by atoms with Crippen LogP contribution in [0.1, 0.15) is 31.7 Å². The number of aromatic hydroxyl groups is 1. The van der Waals surface area contributed by atoms with Crippen LogP contribution in [0.15, 0.2) is 30.3 Å². The molecule has 0 aliphatic carbocycles. The normalized spacial score (nSPS) is 10.7. The molecule has 0 heterocycles. The van der Waals surface area contributed by atoms with Crippen LogP contribution in [-0.2, 0) is 4.79 Å². The number of ketones is 1. The van der Waals surface area contributed by atoms with Crippen molar-refractivity contribution in [2.24, 2.45) is 0 Å². The molecule has 0 fully saturated rings. The van der Waals surface area contributed by atoms with Gasteiger partial charge in [-0.3, -0.25) is 4.79 Å². The fourth-order valence-corrected chi connectivity index (χ4v) is 1.21. The first-order valence-corrected chi connectivity index (χ1v) is 5.22. The molecule has 0 saturated carbocycles. The van der Waals surface area contributed by atoms with Crippen LogP contribution in [-0.4, -0.2) is 10.9 Å². The van der Waals surface area contributed by atoms with E-state index >= 15 is 0 Å². The minimum Gasteiger partial charge on any atom is -0.508 e. The molecule has 0 spiro atoms. The van der Waals surface area contributed by atoms with Gasteiger partial charge in [-0.15, -0.1) is 0 Å². The lowest BCUT2D eigenvalue weighted by Gasteiger charge is -1.94. The number of benzene rings is 1. The van der Waals surface area contributed by atoms with Gasteiger partial charge < -0.3 is 5.11 Å². The minimum atomic E-state index is 0.157. The van der Waals surface area contributed by atoms with Crippen molar-refractivity contribution in [1.82, 2.24) is 0 Å². The summed E-state index contributed by atoms with van der Waals surface area (Å²) >= 11 is 0. The van der Waals surface area contributed by atoms with E-state index in [1.54, 1.807) is 36.4 Å².